The number of aromatic nitrogens is 1. The standard InChI is InChI=1S/C18H17ClN2O3S/c19-16-10-8-15(9-11-16)17-13-20-24-18(17)21-25(22,23)12-4-7-14-5-2-1-3-6-14/h1-3,5-6,8-11,13,21H,4,7,12H2. The Kier molecular flexibility index (Phi) is 5.40. The van der Waals surface area contributed by atoms with Gasteiger partial charge in [-0.3, -0.25) is 4.72 Å². The molecule has 0 saturated heterocycles. The number of anilines is 1. The Morgan fingerprint density at radius 3 is 2.48 bits per heavy atom. The van der Waals surface area contributed by atoms with Crippen LogP contribution in [0, 0.1) is 0 Å². The Morgan fingerprint density at radius 1 is 1.04 bits per heavy atom. The number of nitrogens with zero attached hydrogens (tertiary/aromatic N) is 1. The zero-order valence-corrected chi connectivity index (χ0v) is 14.9. The van der Waals surface area contributed by atoms with Crippen molar-refractivity contribution in [2.75, 3.05) is 10.5 Å². The lowest BCUT2D eigenvalue weighted by molar-refractivity contribution is 0.435. The predicted molar refractivity (Wildman–Crippen MR) is 99.1 cm³/mol. The van der Waals surface area contributed by atoms with E-state index >= 15 is 0 Å². The van der Waals surface area contributed by atoms with E-state index in [0.29, 0.717) is 23.4 Å². The lowest BCUT2D eigenvalue weighted by atomic mass is 10.1. The van der Waals surface area contributed by atoms with Gasteiger partial charge in [0.2, 0.25) is 15.9 Å². The van der Waals surface area contributed by atoms with Gasteiger partial charge in [0.1, 0.15) is 0 Å². The van der Waals surface area contributed by atoms with E-state index in [4.69, 9.17) is 16.1 Å². The summed E-state index contributed by atoms with van der Waals surface area (Å²) in [6, 6.07) is 16.8. The summed E-state index contributed by atoms with van der Waals surface area (Å²) in [4.78, 5) is 0. The molecule has 0 aliphatic rings. The Balaban J connectivity index is 1.65. The van der Waals surface area contributed by atoms with Gasteiger partial charge < -0.3 is 4.52 Å². The van der Waals surface area contributed by atoms with E-state index in [2.05, 4.69) is 9.88 Å². The molecular weight excluding hydrogens is 360 g/mol. The molecule has 25 heavy (non-hydrogen) atoms. The first-order valence-corrected chi connectivity index (χ1v) is 9.81. The van der Waals surface area contributed by atoms with E-state index < -0.39 is 10.0 Å². The third-order valence-electron chi connectivity index (χ3n) is 3.70. The number of hydrogen-bond acceptors (Lipinski definition) is 4. The van der Waals surface area contributed by atoms with E-state index in [0.717, 1.165) is 11.1 Å². The van der Waals surface area contributed by atoms with E-state index in [1.807, 2.05) is 30.3 Å². The van der Waals surface area contributed by atoms with Gasteiger partial charge in [-0.15, -0.1) is 0 Å². The highest BCUT2D eigenvalue weighted by Crippen LogP contribution is 2.29. The Bertz CT molecular complexity index is 922. The molecule has 3 aromatic rings. The van der Waals surface area contributed by atoms with Gasteiger partial charge in [0.25, 0.3) is 0 Å². The lowest BCUT2D eigenvalue weighted by Gasteiger charge is -2.07. The predicted octanol–water partition coefficient (Wildman–Crippen LogP) is 4.37. The molecule has 1 heterocycles. The number of hydrogen-bond donors (Lipinski definition) is 1. The molecule has 0 aliphatic carbocycles. The fourth-order valence-electron chi connectivity index (χ4n) is 2.45. The molecule has 2 aromatic carbocycles. The third kappa shape index (κ3) is 4.84. The monoisotopic (exact) mass is 376 g/mol. The van der Waals surface area contributed by atoms with Crippen molar-refractivity contribution in [2.45, 2.75) is 12.8 Å². The Labute approximate surface area is 151 Å². The van der Waals surface area contributed by atoms with Gasteiger partial charge in [-0.2, -0.15) is 0 Å². The molecule has 0 atom stereocenters. The van der Waals surface area contributed by atoms with Gasteiger partial charge in [-0.1, -0.05) is 59.2 Å². The van der Waals surface area contributed by atoms with Crippen molar-refractivity contribution < 1.29 is 12.9 Å². The highest BCUT2D eigenvalue weighted by Gasteiger charge is 2.17. The highest BCUT2D eigenvalue weighted by atomic mass is 35.5. The SMILES string of the molecule is O=S(=O)(CCCc1ccccc1)Nc1oncc1-c1ccc(Cl)cc1. The first-order valence-electron chi connectivity index (χ1n) is 7.78. The van der Waals surface area contributed by atoms with Crippen molar-refractivity contribution >= 4 is 27.5 Å². The minimum Gasteiger partial charge on any atom is -0.337 e. The summed E-state index contributed by atoms with van der Waals surface area (Å²) in [5, 5.41) is 4.30. The van der Waals surface area contributed by atoms with Gasteiger partial charge in [0.05, 0.1) is 17.5 Å². The highest BCUT2D eigenvalue weighted by molar-refractivity contribution is 7.92. The summed E-state index contributed by atoms with van der Waals surface area (Å²) in [5.41, 5.74) is 2.45. The summed E-state index contributed by atoms with van der Waals surface area (Å²) in [7, 11) is -3.52. The van der Waals surface area contributed by atoms with Crippen LogP contribution in [0.1, 0.15) is 12.0 Å². The lowest BCUT2D eigenvalue weighted by Crippen LogP contribution is -2.17. The Morgan fingerprint density at radius 2 is 1.76 bits per heavy atom. The van der Waals surface area contributed by atoms with Gasteiger partial charge >= 0.3 is 0 Å². The van der Waals surface area contributed by atoms with Gasteiger partial charge in [0.15, 0.2) is 0 Å². The van der Waals surface area contributed by atoms with E-state index in [9.17, 15) is 8.42 Å². The third-order valence-corrected chi connectivity index (χ3v) is 5.27. The molecule has 0 fully saturated rings. The molecule has 130 valence electrons. The van der Waals surface area contributed by atoms with Crippen LogP contribution in [0.3, 0.4) is 0 Å². The smallest absolute Gasteiger partial charge is 0.245 e. The van der Waals surface area contributed by atoms with Crippen LogP contribution in [0.15, 0.2) is 65.3 Å². The summed E-state index contributed by atoms with van der Waals surface area (Å²) < 4.78 is 32.2. The molecule has 0 amide bonds. The van der Waals surface area contributed by atoms with E-state index in [1.54, 1.807) is 24.3 Å². The first-order chi connectivity index (χ1) is 12.0. The van der Waals surface area contributed by atoms with Crippen molar-refractivity contribution in [3.05, 3.63) is 71.4 Å². The fraction of sp³-hybridized carbons (Fsp3) is 0.167. The molecular formula is C18H17ClN2O3S. The van der Waals surface area contributed by atoms with E-state index in [1.165, 1.54) is 6.20 Å². The quantitative estimate of drug-likeness (QED) is 0.664. The van der Waals surface area contributed by atoms with Crippen LogP contribution in [0.4, 0.5) is 5.88 Å². The maximum Gasteiger partial charge on any atom is 0.245 e. The minimum atomic E-state index is -3.52. The van der Waals surface area contributed by atoms with Crippen LogP contribution in [0.2, 0.25) is 5.02 Å². The van der Waals surface area contributed by atoms with Crippen molar-refractivity contribution in [1.82, 2.24) is 5.16 Å². The van der Waals surface area contributed by atoms with Gasteiger partial charge in [0, 0.05) is 5.02 Å². The average molecular weight is 377 g/mol. The Hall–Kier alpha value is -2.31. The number of rotatable bonds is 7. The van der Waals surface area contributed by atoms with Crippen LogP contribution in [0.25, 0.3) is 11.1 Å². The average Bonchev–Trinajstić information content (AvgIpc) is 3.03. The molecule has 0 radical (unpaired) electrons. The minimum absolute atomic E-state index is 0.00263. The summed E-state index contributed by atoms with van der Waals surface area (Å²) >= 11 is 5.88. The second-order valence-corrected chi connectivity index (χ2v) is 7.86. The zero-order valence-electron chi connectivity index (χ0n) is 13.4. The normalized spacial score (nSPS) is 11.4. The van der Waals surface area contributed by atoms with Crippen LogP contribution >= 0.6 is 11.6 Å². The topological polar surface area (TPSA) is 72.2 Å². The van der Waals surface area contributed by atoms with Gasteiger partial charge in [-0.25, -0.2) is 8.42 Å². The summed E-state index contributed by atoms with van der Waals surface area (Å²) in [6.45, 7) is 0. The molecule has 7 heteroatoms. The van der Waals surface area contributed by atoms with Crippen LogP contribution in [-0.2, 0) is 16.4 Å². The number of benzene rings is 2. The van der Waals surface area contributed by atoms with Crippen LogP contribution in [0.5, 0.6) is 0 Å². The molecule has 5 nitrogen and oxygen atoms in total. The largest absolute Gasteiger partial charge is 0.337 e. The zero-order chi connectivity index (χ0) is 17.7. The fourth-order valence-corrected chi connectivity index (χ4v) is 3.63. The number of aryl methyl sites for hydroxylation is 1. The van der Waals surface area contributed by atoms with E-state index in [-0.39, 0.29) is 11.6 Å². The second-order valence-electron chi connectivity index (χ2n) is 5.59. The first kappa shape index (κ1) is 17.5. The second kappa shape index (κ2) is 7.72. The number of sulfonamides is 1. The maximum absolute atomic E-state index is 12.3. The summed E-state index contributed by atoms with van der Waals surface area (Å²) in [5.74, 6) is 0.116. The van der Waals surface area contributed by atoms with Crippen LogP contribution in [-0.4, -0.2) is 19.3 Å². The van der Waals surface area contributed by atoms with Crippen molar-refractivity contribution in [3.63, 3.8) is 0 Å². The number of halogens is 1. The molecule has 0 aliphatic heterocycles. The van der Waals surface area contributed by atoms with Crippen molar-refractivity contribution in [2.24, 2.45) is 0 Å². The molecule has 0 bridgehead atoms. The maximum atomic E-state index is 12.3. The molecule has 1 N–H and O–H groups in total. The molecule has 0 spiro atoms. The van der Waals surface area contributed by atoms with Crippen LogP contribution < -0.4 is 4.72 Å². The molecule has 3 rings (SSSR count). The van der Waals surface area contributed by atoms with Crippen molar-refractivity contribution in [1.29, 1.82) is 0 Å². The van der Waals surface area contributed by atoms with Crippen molar-refractivity contribution in [3.8, 4) is 11.1 Å². The molecule has 0 unspecified atom stereocenters. The molecule has 1 aromatic heterocycles. The molecule has 0 saturated carbocycles. The number of nitrogens with one attached hydrogen (secondary N) is 1. The van der Waals surface area contributed by atoms with Gasteiger partial charge in [-0.05, 0) is 36.1 Å². The summed E-state index contributed by atoms with van der Waals surface area (Å²) in [6.07, 6.45) is 2.69.